The molecule has 0 aromatic carbocycles. The maximum atomic E-state index is 11.7. The van der Waals surface area contributed by atoms with Crippen molar-refractivity contribution in [3.8, 4) is 0 Å². The molecule has 0 bridgehead atoms. The third kappa shape index (κ3) is 4.02. The highest BCUT2D eigenvalue weighted by atomic mass is 16.5. The first kappa shape index (κ1) is 14.1. The van der Waals surface area contributed by atoms with Crippen molar-refractivity contribution in [3.05, 3.63) is 0 Å². The molecule has 0 aliphatic rings. The minimum absolute atomic E-state index is 0.0657. The van der Waals surface area contributed by atoms with Gasteiger partial charge in [-0.15, -0.1) is 0 Å². The summed E-state index contributed by atoms with van der Waals surface area (Å²) in [4.78, 5) is 23.4. The molecule has 3 heteroatoms. The van der Waals surface area contributed by atoms with E-state index in [1.165, 1.54) is 0 Å². The summed E-state index contributed by atoms with van der Waals surface area (Å²) in [5, 5.41) is 0. The van der Waals surface area contributed by atoms with Gasteiger partial charge in [0.2, 0.25) is 0 Å². The van der Waals surface area contributed by atoms with Crippen LogP contribution in [0.3, 0.4) is 0 Å². The third-order valence-corrected chi connectivity index (χ3v) is 2.38. The zero-order valence-electron chi connectivity index (χ0n) is 10.4. The molecule has 0 heterocycles. The quantitative estimate of drug-likeness (QED) is 0.388. The summed E-state index contributed by atoms with van der Waals surface area (Å²) in [5.74, 6) is -0.614. The summed E-state index contributed by atoms with van der Waals surface area (Å²) in [5.41, 5.74) is -1.01. The van der Waals surface area contributed by atoms with Crippen LogP contribution in [0.2, 0.25) is 0 Å². The summed E-state index contributed by atoms with van der Waals surface area (Å²) in [6.45, 7) is 9.28. The van der Waals surface area contributed by atoms with Gasteiger partial charge in [-0.25, -0.2) is 0 Å². The van der Waals surface area contributed by atoms with Crippen LogP contribution in [0.1, 0.15) is 47.5 Å². The largest absolute Gasteiger partial charge is 0.465 e. The fourth-order valence-corrected chi connectivity index (χ4v) is 1.31. The standard InChI is InChI=1S/C12H22O3/c1-6-7-8-15-11(14)12(4,5)10(13)9(2)3/h9H,6-8H2,1-5H3. The molecule has 0 rings (SSSR count). The van der Waals surface area contributed by atoms with Gasteiger partial charge >= 0.3 is 5.97 Å². The molecule has 0 atom stereocenters. The van der Waals surface area contributed by atoms with Gasteiger partial charge in [0, 0.05) is 5.92 Å². The number of Topliss-reactive ketones (excluding diaryl/α,β-unsaturated/α-hetero) is 1. The van der Waals surface area contributed by atoms with Crippen LogP contribution in [0.15, 0.2) is 0 Å². The van der Waals surface area contributed by atoms with Crippen LogP contribution < -0.4 is 0 Å². The van der Waals surface area contributed by atoms with Crippen LogP contribution in [-0.2, 0) is 14.3 Å². The number of carbonyl (C=O) groups is 2. The number of unbranched alkanes of at least 4 members (excludes halogenated alkanes) is 1. The lowest BCUT2D eigenvalue weighted by atomic mass is 9.82. The Morgan fingerprint density at radius 2 is 1.80 bits per heavy atom. The van der Waals surface area contributed by atoms with Crippen molar-refractivity contribution >= 4 is 11.8 Å². The molecule has 88 valence electrons. The predicted molar refractivity (Wildman–Crippen MR) is 59.5 cm³/mol. The molecule has 0 unspecified atom stereocenters. The van der Waals surface area contributed by atoms with Gasteiger partial charge in [0.05, 0.1) is 6.61 Å². The number of hydrogen-bond donors (Lipinski definition) is 0. The molecule has 0 fully saturated rings. The number of esters is 1. The van der Waals surface area contributed by atoms with Gasteiger partial charge in [-0.05, 0) is 20.3 Å². The Kier molecular flexibility index (Phi) is 5.55. The van der Waals surface area contributed by atoms with Gasteiger partial charge in [-0.3, -0.25) is 9.59 Å². The number of rotatable bonds is 6. The van der Waals surface area contributed by atoms with Crippen molar-refractivity contribution in [3.63, 3.8) is 0 Å². The van der Waals surface area contributed by atoms with Crippen LogP contribution in [0.5, 0.6) is 0 Å². The van der Waals surface area contributed by atoms with Crippen molar-refractivity contribution in [2.75, 3.05) is 6.61 Å². The Morgan fingerprint density at radius 3 is 2.20 bits per heavy atom. The summed E-state index contributed by atoms with van der Waals surface area (Å²) in [6.07, 6.45) is 1.82. The molecule has 15 heavy (non-hydrogen) atoms. The fourth-order valence-electron chi connectivity index (χ4n) is 1.31. The second-order valence-corrected chi connectivity index (χ2v) is 4.63. The SMILES string of the molecule is CCCCOC(=O)C(C)(C)C(=O)C(C)C. The first-order valence-corrected chi connectivity index (χ1v) is 5.55. The predicted octanol–water partition coefficient (Wildman–Crippen LogP) is 2.58. The molecule has 0 aromatic rings. The second-order valence-electron chi connectivity index (χ2n) is 4.63. The number of ether oxygens (including phenoxy) is 1. The van der Waals surface area contributed by atoms with E-state index in [0.29, 0.717) is 6.61 Å². The summed E-state index contributed by atoms with van der Waals surface area (Å²) in [7, 11) is 0. The maximum absolute atomic E-state index is 11.7. The Bertz CT molecular complexity index is 229. The minimum atomic E-state index is -1.01. The first-order valence-electron chi connectivity index (χ1n) is 5.55. The highest BCUT2D eigenvalue weighted by molar-refractivity contribution is 6.03. The lowest BCUT2D eigenvalue weighted by molar-refractivity contribution is -0.159. The average molecular weight is 214 g/mol. The van der Waals surface area contributed by atoms with Crippen LogP contribution >= 0.6 is 0 Å². The first-order chi connectivity index (χ1) is 6.84. The lowest BCUT2D eigenvalue weighted by Crippen LogP contribution is -2.37. The highest BCUT2D eigenvalue weighted by Gasteiger charge is 2.38. The highest BCUT2D eigenvalue weighted by Crippen LogP contribution is 2.23. The van der Waals surface area contributed by atoms with Crippen molar-refractivity contribution in [2.45, 2.75) is 47.5 Å². The summed E-state index contributed by atoms with van der Waals surface area (Å²) < 4.78 is 5.06. The molecule has 0 aliphatic heterocycles. The normalized spacial score (nSPS) is 11.6. The smallest absolute Gasteiger partial charge is 0.319 e. The third-order valence-electron chi connectivity index (χ3n) is 2.38. The molecule has 0 aromatic heterocycles. The molecule has 3 nitrogen and oxygen atoms in total. The Balaban J connectivity index is 4.32. The number of hydrogen-bond acceptors (Lipinski definition) is 3. The molecular weight excluding hydrogens is 192 g/mol. The zero-order valence-corrected chi connectivity index (χ0v) is 10.4. The minimum Gasteiger partial charge on any atom is -0.465 e. The van der Waals surface area contributed by atoms with Crippen molar-refractivity contribution in [1.82, 2.24) is 0 Å². The van der Waals surface area contributed by atoms with Gasteiger partial charge in [0.25, 0.3) is 0 Å². The van der Waals surface area contributed by atoms with Crippen molar-refractivity contribution < 1.29 is 14.3 Å². The van der Waals surface area contributed by atoms with Crippen LogP contribution in [-0.4, -0.2) is 18.4 Å². The van der Waals surface area contributed by atoms with Crippen molar-refractivity contribution in [1.29, 1.82) is 0 Å². The van der Waals surface area contributed by atoms with E-state index in [-0.39, 0.29) is 11.7 Å². The van der Waals surface area contributed by atoms with E-state index < -0.39 is 11.4 Å². The van der Waals surface area contributed by atoms with Crippen LogP contribution in [0.4, 0.5) is 0 Å². The molecule has 0 saturated heterocycles. The maximum Gasteiger partial charge on any atom is 0.319 e. The topological polar surface area (TPSA) is 43.4 Å². The van der Waals surface area contributed by atoms with E-state index in [0.717, 1.165) is 12.8 Å². The van der Waals surface area contributed by atoms with Gasteiger partial charge in [0.15, 0.2) is 5.78 Å². The van der Waals surface area contributed by atoms with E-state index in [2.05, 4.69) is 0 Å². The van der Waals surface area contributed by atoms with E-state index in [9.17, 15) is 9.59 Å². The van der Waals surface area contributed by atoms with Crippen molar-refractivity contribution in [2.24, 2.45) is 11.3 Å². The number of carbonyl (C=O) groups excluding carboxylic acids is 2. The molecule has 0 spiro atoms. The Morgan fingerprint density at radius 1 is 1.27 bits per heavy atom. The monoisotopic (exact) mass is 214 g/mol. The number of ketones is 1. The van der Waals surface area contributed by atoms with Gasteiger partial charge in [0.1, 0.15) is 5.41 Å². The molecule has 0 aliphatic carbocycles. The van der Waals surface area contributed by atoms with Gasteiger partial charge < -0.3 is 4.74 Å². The van der Waals surface area contributed by atoms with E-state index in [1.807, 2.05) is 6.92 Å². The van der Waals surface area contributed by atoms with E-state index in [1.54, 1.807) is 27.7 Å². The van der Waals surface area contributed by atoms with Gasteiger partial charge in [-0.2, -0.15) is 0 Å². The van der Waals surface area contributed by atoms with E-state index in [4.69, 9.17) is 4.74 Å². The fraction of sp³-hybridized carbons (Fsp3) is 0.833. The summed E-state index contributed by atoms with van der Waals surface area (Å²) >= 11 is 0. The molecular formula is C12H22O3. The average Bonchev–Trinajstić information content (AvgIpc) is 2.16. The Labute approximate surface area is 92.2 Å². The lowest BCUT2D eigenvalue weighted by Gasteiger charge is -2.22. The van der Waals surface area contributed by atoms with Crippen LogP contribution in [0, 0.1) is 11.3 Å². The molecule has 0 radical (unpaired) electrons. The van der Waals surface area contributed by atoms with Crippen LogP contribution in [0.25, 0.3) is 0 Å². The second kappa shape index (κ2) is 5.89. The Hall–Kier alpha value is -0.860. The summed E-state index contributed by atoms with van der Waals surface area (Å²) in [6, 6.07) is 0. The molecule has 0 amide bonds. The molecule has 0 N–H and O–H groups in total. The zero-order chi connectivity index (χ0) is 12.1. The van der Waals surface area contributed by atoms with E-state index >= 15 is 0 Å². The van der Waals surface area contributed by atoms with Gasteiger partial charge in [-0.1, -0.05) is 27.2 Å². The molecule has 0 saturated carbocycles.